The van der Waals surface area contributed by atoms with Crippen LogP contribution in [0, 0.1) is 0 Å². The Kier molecular flexibility index (Phi) is 2.72. The normalized spacial score (nSPS) is 27.1. The Balaban J connectivity index is 1.80. The highest BCUT2D eigenvalue weighted by molar-refractivity contribution is 7.89. The van der Waals surface area contributed by atoms with Crippen LogP contribution in [0.15, 0.2) is 0 Å². The molecule has 2 fully saturated rings. The van der Waals surface area contributed by atoms with Gasteiger partial charge in [-0.15, -0.1) is 0 Å². The first-order chi connectivity index (χ1) is 6.89. The zero-order valence-electron chi connectivity index (χ0n) is 8.32. The van der Waals surface area contributed by atoms with Crippen molar-refractivity contribution in [3.05, 3.63) is 0 Å². The van der Waals surface area contributed by atoms with Crippen LogP contribution in [0.4, 0.5) is 8.78 Å². The van der Waals surface area contributed by atoms with Crippen molar-refractivity contribution in [3.8, 4) is 0 Å². The molecule has 7 heteroatoms. The molecule has 0 aromatic carbocycles. The summed E-state index contributed by atoms with van der Waals surface area (Å²) in [5.74, 6) is -2.85. The van der Waals surface area contributed by atoms with Gasteiger partial charge in [0.05, 0.1) is 18.8 Å². The molecule has 88 valence electrons. The van der Waals surface area contributed by atoms with Crippen molar-refractivity contribution in [2.75, 3.05) is 38.5 Å². The molecule has 0 N–H and O–H groups in total. The van der Waals surface area contributed by atoms with Crippen LogP contribution in [0.3, 0.4) is 0 Å². The fourth-order valence-corrected chi connectivity index (χ4v) is 3.16. The number of rotatable bonds is 4. The van der Waals surface area contributed by atoms with Gasteiger partial charge in [-0.1, -0.05) is 0 Å². The van der Waals surface area contributed by atoms with E-state index in [2.05, 4.69) is 0 Å². The molecule has 2 aliphatic rings. The number of halogens is 2. The van der Waals surface area contributed by atoms with Gasteiger partial charge in [0.1, 0.15) is 0 Å². The van der Waals surface area contributed by atoms with E-state index in [0.717, 1.165) is 23.8 Å². The second kappa shape index (κ2) is 3.64. The van der Waals surface area contributed by atoms with Crippen LogP contribution in [0.1, 0.15) is 6.42 Å². The number of alkyl halides is 2. The summed E-state index contributed by atoms with van der Waals surface area (Å²) < 4.78 is 48.8. The molecule has 0 radical (unpaired) electrons. The van der Waals surface area contributed by atoms with E-state index in [1.807, 2.05) is 4.90 Å². The van der Waals surface area contributed by atoms with Gasteiger partial charge in [0, 0.05) is 6.54 Å². The molecule has 0 aromatic rings. The highest BCUT2D eigenvalue weighted by Gasteiger charge is 2.49. The number of likely N-dealkylation sites (tertiary alicyclic amines) is 1. The topological polar surface area (TPSA) is 40.6 Å². The molecule has 4 nitrogen and oxygen atoms in total. The SMILES string of the molecule is O=S(=O)(CCN1CCC1)N1CC(F)(F)C1. The lowest BCUT2D eigenvalue weighted by Crippen LogP contribution is -2.59. The average molecular weight is 240 g/mol. The van der Waals surface area contributed by atoms with Crippen LogP contribution in [0.5, 0.6) is 0 Å². The highest BCUT2D eigenvalue weighted by Crippen LogP contribution is 2.29. The maximum atomic E-state index is 12.5. The quantitative estimate of drug-likeness (QED) is 0.693. The average Bonchev–Trinajstić information content (AvgIpc) is 1.96. The van der Waals surface area contributed by atoms with Crippen LogP contribution < -0.4 is 0 Å². The van der Waals surface area contributed by atoms with Gasteiger partial charge in [-0.3, -0.25) is 0 Å². The zero-order chi connectivity index (χ0) is 11.1. The van der Waals surface area contributed by atoms with Crippen LogP contribution in [0.25, 0.3) is 0 Å². The van der Waals surface area contributed by atoms with Crippen molar-refractivity contribution in [2.45, 2.75) is 12.3 Å². The minimum Gasteiger partial charge on any atom is -0.302 e. The second-order valence-electron chi connectivity index (χ2n) is 4.14. The fraction of sp³-hybridized carbons (Fsp3) is 1.00. The number of hydrogen-bond donors (Lipinski definition) is 0. The summed E-state index contributed by atoms with van der Waals surface area (Å²) in [5.41, 5.74) is 0. The van der Waals surface area contributed by atoms with Gasteiger partial charge >= 0.3 is 0 Å². The lowest BCUT2D eigenvalue weighted by molar-refractivity contribution is -0.0945. The molecule has 0 saturated carbocycles. The minimum absolute atomic E-state index is 0.0386. The van der Waals surface area contributed by atoms with E-state index < -0.39 is 29.0 Å². The molecule has 0 unspecified atom stereocenters. The molecule has 15 heavy (non-hydrogen) atoms. The predicted molar refractivity (Wildman–Crippen MR) is 51.4 cm³/mol. The maximum absolute atomic E-state index is 12.5. The van der Waals surface area contributed by atoms with Crippen molar-refractivity contribution >= 4 is 10.0 Å². The molecule has 0 amide bonds. The molecule has 2 heterocycles. The maximum Gasteiger partial charge on any atom is 0.275 e. The third-order valence-electron chi connectivity index (χ3n) is 2.82. The number of hydrogen-bond acceptors (Lipinski definition) is 3. The first-order valence-electron chi connectivity index (χ1n) is 4.97. The molecule has 0 aromatic heterocycles. The Hall–Kier alpha value is -0.270. The molecule has 2 rings (SSSR count). The fourth-order valence-electron chi connectivity index (χ4n) is 1.65. The van der Waals surface area contributed by atoms with Gasteiger partial charge in [-0.25, -0.2) is 17.2 Å². The molecule has 0 bridgehead atoms. The van der Waals surface area contributed by atoms with Crippen molar-refractivity contribution in [2.24, 2.45) is 0 Å². The molecule has 0 spiro atoms. The molecule has 0 atom stereocenters. The van der Waals surface area contributed by atoms with Crippen molar-refractivity contribution < 1.29 is 17.2 Å². The van der Waals surface area contributed by atoms with E-state index in [1.54, 1.807) is 0 Å². The van der Waals surface area contributed by atoms with Crippen LogP contribution in [-0.4, -0.2) is 62.0 Å². The van der Waals surface area contributed by atoms with Crippen LogP contribution in [0.2, 0.25) is 0 Å². The predicted octanol–water partition coefficient (Wildman–Crippen LogP) is -0.0272. The summed E-state index contributed by atoms with van der Waals surface area (Å²) in [6.45, 7) is 1.02. The van der Waals surface area contributed by atoms with Crippen molar-refractivity contribution in [1.29, 1.82) is 0 Å². The number of sulfonamides is 1. The standard InChI is InChI=1S/C8H14F2N2O2S/c9-8(10)6-12(7-8)15(13,14)5-4-11-2-1-3-11/h1-7H2. The highest BCUT2D eigenvalue weighted by atomic mass is 32.2. The largest absolute Gasteiger partial charge is 0.302 e. The van der Waals surface area contributed by atoms with E-state index in [-0.39, 0.29) is 5.75 Å². The van der Waals surface area contributed by atoms with E-state index in [0.29, 0.717) is 6.54 Å². The Morgan fingerprint density at radius 2 is 1.80 bits per heavy atom. The van der Waals surface area contributed by atoms with Crippen molar-refractivity contribution in [1.82, 2.24) is 9.21 Å². The third kappa shape index (κ3) is 2.46. The first kappa shape index (κ1) is 11.2. The van der Waals surface area contributed by atoms with Crippen molar-refractivity contribution in [3.63, 3.8) is 0 Å². The summed E-state index contributed by atoms with van der Waals surface area (Å²) in [4.78, 5) is 2.01. The Labute approximate surface area is 87.9 Å². The van der Waals surface area contributed by atoms with E-state index >= 15 is 0 Å². The summed E-state index contributed by atoms with van der Waals surface area (Å²) in [7, 11) is -3.45. The van der Waals surface area contributed by atoms with Crippen LogP contribution in [-0.2, 0) is 10.0 Å². The second-order valence-corrected chi connectivity index (χ2v) is 6.22. The summed E-state index contributed by atoms with van der Waals surface area (Å²) in [6.07, 6.45) is 1.10. The van der Waals surface area contributed by atoms with E-state index in [1.165, 1.54) is 0 Å². The molecule has 2 aliphatic heterocycles. The zero-order valence-corrected chi connectivity index (χ0v) is 9.14. The minimum atomic E-state index is -3.45. The smallest absolute Gasteiger partial charge is 0.275 e. The Bertz CT molecular complexity index is 333. The van der Waals surface area contributed by atoms with Gasteiger partial charge in [-0.05, 0) is 19.5 Å². The molecular weight excluding hydrogens is 226 g/mol. The summed E-state index contributed by atoms with van der Waals surface area (Å²) >= 11 is 0. The van der Waals surface area contributed by atoms with Crippen LogP contribution >= 0.6 is 0 Å². The Morgan fingerprint density at radius 3 is 2.20 bits per heavy atom. The molecular formula is C8H14F2N2O2S. The summed E-state index contributed by atoms with van der Waals surface area (Å²) in [5, 5.41) is 0. The lowest BCUT2D eigenvalue weighted by Gasteiger charge is -2.38. The van der Waals surface area contributed by atoms with E-state index in [9.17, 15) is 17.2 Å². The van der Waals surface area contributed by atoms with Gasteiger partial charge in [-0.2, -0.15) is 4.31 Å². The van der Waals surface area contributed by atoms with E-state index in [4.69, 9.17) is 0 Å². The third-order valence-corrected chi connectivity index (χ3v) is 4.57. The Morgan fingerprint density at radius 1 is 1.20 bits per heavy atom. The first-order valence-corrected chi connectivity index (χ1v) is 6.58. The summed E-state index contributed by atoms with van der Waals surface area (Å²) in [6, 6.07) is 0. The lowest BCUT2D eigenvalue weighted by atomic mass is 10.2. The monoisotopic (exact) mass is 240 g/mol. The number of nitrogens with zero attached hydrogens (tertiary/aromatic N) is 2. The van der Waals surface area contributed by atoms with Gasteiger partial charge in [0.2, 0.25) is 10.0 Å². The van der Waals surface area contributed by atoms with Gasteiger partial charge in [0.15, 0.2) is 0 Å². The molecule has 0 aliphatic carbocycles. The van der Waals surface area contributed by atoms with Gasteiger partial charge in [0.25, 0.3) is 5.92 Å². The van der Waals surface area contributed by atoms with Gasteiger partial charge < -0.3 is 4.90 Å². The molecule has 2 saturated heterocycles.